The number of carbonyl (C=O) groups excluding carboxylic acids is 1. The first kappa shape index (κ1) is 26.7. The van der Waals surface area contributed by atoms with E-state index in [0.29, 0.717) is 24.6 Å². The van der Waals surface area contributed by atoms with Gasteiger partial charge in [0.15, 0.2) is 0 Å². The van der Waals surface area contributed by atoms with E-state index in [0.717, 1.165) is 70.5 Å². The monoisotopic (exact) mass is 558 g/mol. The van der Waals surface area contributed by atoms with Crippen LogP contribution in [0.1, 0.15) is 37.8 Å². The van der Waals surface area contributed by atoms with Crippen LogP contribution in [0.15, 0.2) is 59.3 Å². The van der Waals surface area contributed by atoms with Gasteiger partial charge in [-0.25, -0.2) is 4.98 Å². The van der Waals surface area contributed by atoms with Crippen LogP contribution in [-0.2, 0) is 27.8 Å². The normalized spacial score (nSPS) is 14.8. The number of ether oxygens (including phenoxy) is 2. The summed E-state index contributed by atoms with van der Waals surface area (Å²) < 4.78 is 18.9. The minimum Gasteiger partial charge on any atom is -0.476 e. The van der Waals surface area contributed by atoms with Crippen LogP contribution in [0, 0.1) is 0 Å². The number of aromatic nitrogens is 3. The molecule has 1 fully saturated rings. The van der Waals surface area contributed by atoms with Crippen molar-refractivity contribution in [1.29, 1.82) is 0 Å². The summed E-state index contributed by atoms with van der Waals surface area (Å²) in [6, 6.07) is 16.3. The second-order valence-electron chi connectivity index (χ2n) is 11.3. The average Bonchev–Trinajstić information content (AvgIpc) is 3.64. The van der Waals surface area contributed by atoms with E-state index in [4.69, 9.17) is 19.0 Å². The zero-order valence-electron chi connectivity index (χ0n) is 23.2. The Bertz CT molecular complexity index is 1620. The lowest BCUT2D eigenvalue weighted by atomic mass is 9.93. The first-order valence-electron chi connectivity index (χ1n) is 13.7. The Kier molecular flexibility index (Phi) is 7.44. The molecule has 4 aromatic heterocycles. The molecule has 1 aliphatic heterocycles. The number of rotatable bonds is 9. The summed E-state index contributed by atoms with van der Waals surface area (Å²) in [4.78, 5) is 21.8. The minimum absolute atomic E-state index is 0.120. The van der Waals surface area contributed by atoms with E-state index in [-0.39, 0.29) is 17.6 Å². The van der Waals surface area contributed by atoms with Crippen LogP contribution >= 0.6 is 11.3 Å². The molecule has 0 radical (unpaired) electrons. The Morgan fingerprint density at radius 3 is 2.58 bits per heavy atom. The molecule has 0 bridgehead atoms. The molecule has 5 aromatic rings. The summed E-state index contributed by atoms with van der Waals surface area (Å²) in [5, 5.41) is 4.08. The SMILES string of the molecule is CC(C)(C)c1cc(CC(=O)Cc2ccc(-c3cc4sc5nc(OCCN6CCOCC6)ccc5n4c3)cc2)no1. The molecule has 0 spiro atoms. The van der Waals surface area contributed by atoms with E-state index in [1.54, 1.807) is 11.3 Å². The molecule has 0 saturated carbocycles. The molecule has 8 nitrogen and oxygen atoms in total. The highest BCUT2D eigenvalue weighted by molar-refractivity contribution is 7.23. The molecule has 0 unspecified atom stereocenters. The Hall–Kier alpha value is -3.53. The summed E-state index contributed by atoms with van der Waals surface area (Å²) in [5.74, 6) is 1.58. The quantitative estimate of drug-likeness (QED) is 0.234. The molecule has 40 heavy (non-hydrogen) atoms. The van der Waals surface area contributed by atoms with Crippen LogP contribution in [0.25, 0.3) is 26.3 Å². The van der Waals surface area contributed by atoms with Crippen molar-refractivity contribution in [3.8, 4) is 17.0 Å². The number of thiazole rings is 1. The van der Waals surface area contributed by atoms with Crippen molar-refractivity contribution in [2.24, 2.45) is 0 Å². The van der Waals surface area contributed by atoms with Crippen molar-refractivity contribution in [3.63, 3.8) is 0 Å². The van der Waals surface area contributed by atoms with E-state index in [1.165, 1.54) is 0 Å². The van der Waals surface area contributed by atoms with Gasteiger partial charge in [0, 0.05) is 55.4 Å². The third kappa shape index (κ3) is 5.96. The molecule has 208 valence electrons. The number of pyridine rings is 1. The molecule has 0 N–H and O–H groups in total. The number of hydrogen-bond donors (Lipinski definition) is 0. The predicted molar refractivity (Wildman–Crippen MR) is 156 cm³/mol. The minimum atomic E-state index is -0.124. The zero-order chi connectivity index (χ0) is 27.7. The lowest BCUT2D eigenvalue weighted by Gasteiger charge is -2.26. The van der Waals surface area contributed by atoms with Crippen molar-refractivity contribution < 1.29 is 18.8 Å². The van der Waals surface area contributed by atoms with E-state index in [1.807, 2.05) is 24.3 Å². The highest BCUT2D eigenvalue weighted by Gasteiger charge is 2.20. The van der Waals surface area contributed by atoms with Gasteiger partial charge in [-0.1, -0.05) is 61.5 Å². The van der Waals surface area contributed by atoms with Crippen LogP contribution in [0.2, 0.25) is 0 Å². The zero-order valence-corrected chi connectivity index (χ0v) is 24.0. The fourth-order valence-electron chi connectivity index (χ4n) is 4.88. The van der Waals surface area contributed by atoms with Crippen LogP contribution < -0.4 is 4.74 Å². The number of hydrogen-bond acceptors (Lipinski definition) is 8. The molecule has 1 aromatic carbocycles. The number of morpholine rings is 1. The Morgan fingerprint density at radius 1 is 1.02 bits per heavy atom. The Labute approximate surface area is 237 Å². The van der Waals surface area contributed by atoms with Gasteiger partial charge in [-0.2, -0.15) is 0 Å². The van der Waals surface area contributed by atoms with Crippen LogP contribution in [-0.4, -0.2) is 64.7 Å². The van der Waals surface area contributed by atoms with Crippen molar-refractivity contribution in [2.45, 2.75) is 39.0 Å². The maximum atomic E-state index is 12.7. The molecule has 0 aliphatic carbocycles. The Morgan fingerprint density at radius 2 is 1.82 bits per heavy atom. The molecule has 9 heteroatoms. The van der Waals surface area contributed by atoms with E-state index >= 15 is 0 Å². The highest BCUT2D eigenvalue weighted by Crippen LogP contribution is 2.32. The third-order valence-electron chi connectivity index (χ3n) is 7.19. The molecular formula is C31H34N4O4S. The van der Waals surface area contributed by atoms with Crippen LogP contribution in [0.5, 0.6) is 5.88 Å². The van der Waals surface area contributed by atoms with Gasteiger partial charge < -0.3 is 18.4 Å². The van der Waals surface area contributed by atoms with Gasteiger partial charge in [0.25, 0.3) is 0 Å². The van der Waals surface area contributed by atoms with Gasteiger partial charge in [0.05, 0.1) is 30.8 Å². The van der Waals surface area contributed by atoms with E-state index in [2.05, 4.69) is 65.7 Å². The highest BCUT2D eigenvalue weighted by atomic mass is 32.1. The van der Waals surface area contributed by atoms with Gasteiger partial charge in [-0.3, -0.25) is 9.69 Å². The van der Waals surface area contributed by atoms with E-state index in [9.17, 15) is 4.79 Å². The van der Waals surface area contributed by atoms with Crippen molar-refractivity contribution >= 4 is 32.3 Å². The van der Waals surface area contributed by atoms with Crippen LogP contribution in [0.4, 0.5) is 0 Å². The molecule has 1 aliphatic rings. The molecule has 0 atom stereocenters. The molecule has 1 saturated heterocycles. The predicted octanol–water partition coefficient (Wildman–Crippen LogP) is 5.57. The maximum absolute atomic E-state index is 12.7. The number of ketones is 1. The van der Waals surface area contributed by atoms with Crippen molar-refractivity contribution in [3.05, 3.63) is 71.7 Å². The number of nitrogens with zero attached hydrogens (tertiary/aromatic N) is 4. The number of Topliss-reactive ketones (excluding diaryl/α,β-unsaturated/α-hetero) is 1. The maximum Gasteiger partial charge on any atom is 0.214 e. The molecular weight excluding hydrogens is 524 g/mol. The fraction of sp³-hybridized carbons (Fsp3) is 0.387. The van der Waals surface area contributed by atoms with Gasteiger partial charge in [-0.15, -0.1) is 0 Å². The summed E-state index contributed by atoms with van der Waals surface area (Å²) in [6.07, 6.45) is 2.79. The van der Waals surface area contributed by atoms with Gasteiger partial charge in [0.1, 0.15) is 27.8 Å². The van der Waals surface area contributed by atoms with Crippen LogP contribution in [0.3, 0.4) is 0 Å². The first-order chi connectivity index (χ1) is 19.3. The van der Waals surface area contributed by atoms with Gasteiger partial charge >= 0.3 is 0 Å². The second-order valence-corrected chi connectivity index (χ2v) is 12.3. The fourth-order valence-corrected chi connectivity index (χ4v) is 5.92. The average molecular weight is 559 g/mol. The molecule has 6 rings (SSSR count). The first-order valence-corrected chi connectivity index (χ1v) is 14.6. The largest absolute Gasteiger partial charge is 0.476 e. The van der Waals surface area contributed by atoms with Crippen molar-refractivity contribution in [2.75, 3.05) is 39.5 Å². The van der Waals surface area contributed by atoms with E-state index < -0.39 is 0 Å². The van der Waals surface area contributed by atoms with Gasteiger partial charge in [0.2, 0.25) is 5.88 Å². The lowest BCUT2D eigenvalue weighted by Crippen LogP contribution is -2.38. The lowest BCUT2D eigenvalue weighted by molar-refractivity contribution is -0.117. The van der Waals surface area contributed by atoms with Crippen molar-refractivity contribution in [1.82, 2.24) is 19.4 Å². The summed E-state index contributed by atoms with van der Waals surface area (Å²) in [5.41, 5.74) is 4.87. The number of fused-ring (bicyclic) bond motifs is 3. The number of benzene rings is 1. The molecule has 5 heterocycles. The topological polar surface area (TPSA) is 82.1 Å². The Balaban J connectivity index is 1.08. The smallest absolute Gasteiger partial charge is 0.214 e. The number of carbonyl (C=O) groups is 1. The summed E-state index contributed by atoms with van der Waals surface area (Å²) >= 11 is 1.66. The second kappa shape index (κ2) is 11.2. The summed E-state index contributed by atoms with van der Waals surface area (Å²) in [7, 11) is 0. The third-order valence-corrected chi connectivity index (χ3v) is 8.20. The summed E-state index contributed by atoms with van der Waals surface area (Å²) in [6.45, 7) is 11.2. The molecule has 0 amide bonds. The van der Waals surface area contributed by atoms with Gasteiger partial charge in [-0.05, 0) is 23.3 Å². The standard InChI is InChI=1S/C31H34N4O4S/c1-31(2,3)27-19-24(33-39-27)18-25(36)16-21-4-6-22(7-5-21)23-17-29-35(20-23)26-8-9-28(32-30(26)40-29)38-15-12-34-10-13-37-14-11-34/h4-9,17,19-20H,10-16,18H2,1-3H3.